The van der Waals surface area contributed by atoms with Crippen LogP contribution in [0.4, 0.5) is 5.69 Å². The van der Waals surface area contributed by atoms with E-state index in [0.29, 0.717) is 25.7 Å². The van der Waals surface area contributed by atoms with Gasteiger partial charge in [-0.15, -0.1) is 0 Å². The van der Waals surface area contributed by atoms with Gasteiger partial charge in [0.25, 0.3) is 0 Å². The van der Waals surface area contributed by atoms with Crippen LogP contribution in [0.2, 0.25) is 0 Å². The molecule has 8 heteroatoms. The predicted molar refractivity (Wildman–Crippen MR) is 111 cm³/mol. The Labute approximate surface area is 166 Å². The molecule has 2 aromatic carbocycles. The number of sulfonamides is 1. The van der Waals surface area contributed by atoms with Gasteiger partial charge in [0.05, 0.1) is 17.5 Å². The molecule has 0 radical (unpaired) electrons. The molecule has 0 saturated carbocycles. The lowest BCUT2D eigenvalue weighted by molar-refractivity contribution is 0.114. The Hall–Kier alpha value is -2.42. The fraction of sp³-hybridized carbons (Fsp3) is 0.350. The number of aliphatic imine (C=N–C) groups is 1. The van der Waals surface area contributed by atoms with Crippen molar-refractivity contribution in [1.82, 2.24) is 4.72 Å². The number of hydrogen-bond donors (Lipinski definition) is 3. The number of aryl methyl sites for hydroxylation is 1. The quantitative estimate of drug-likeness (QED) is 0.487. The summed E-state index contributed by atoms with van der Waals surface area (Å²) in [7, 11) is -3.54. The third kappa shape index (κ3) is 5.79. The first-order valence-electron chi connectivity index (χ1n) is 9.26. The topological polar surface area (TPSA) is 106 Å². The van der Waals surface area contributed by atoms with E-state index >= 15 is 0 Å². The van der Waals surface area contributed by atoms with E-state index in [2.05, 4.69) is 15.0 Å². The molecule has 4 N–H and O–H groups in total. The number of benzene rings is 2. The summed E-state index contributed by atoms with van der Waals surface area (Å²) in [5.74, 6) is 0.306. The van der Waals surface area contributed by atoms with E-state index in [9.17, 15) is 8.42 Å². The molecule has 3 rings (SSSR count). The number of ether oxygens (including phenoxy) is 1. The van der Waals surface area contributed by atoms with E-state index in [0.717, 1.165) is 29.7 Å². The summed E-state index contributed by atoms with van der Waals surface area (Å²) in [5, 5.41) is 3.04. The number of nitrogens with one attached hydrogen (secondary N) is 2. The highest BCUT2D eigenvalue weighted by atomic mass is 32.2. The molecule has 7 nitrogen and oxygen atoms in total. The molecule has 1 unspecified atom stereocenters. The smallest absolute Gasteiger partial charge is 0.240 e. The molecular formula is C20H26N4O3S. The molecule has 2 aromatic rings. The van der Waals surface area contributed by atoms with Crippen LogP contribution in [0.25, 0.3) is 0 Å². The largest absolute Gasteiger partial charge is 0.377 e. The Morgan fingerprint density at radius 2 is 2.04 bits per heavy atom. The van der Waals surface area contributed by atoms with Gasteiger partial charge in [0.15, 0.2) is 5.96 Å². The number of guanidine groups is 1. The van der Waals surface area contributed by atoms with Crippen LogP contribution < -0.4 is 15.8 Å². The second-order valence-electron chi connectivity index (χ2n) is 6.83. The second kappa shape index (κ2) is 9.18. The molecule has 0 bridgehead atoms. The van der Waals surface area contributed by atoms with Crippen LogP contribution >= 0.6 is 0 Å². The van der Waals surface area contributed by atoms with Gasteiger partial charge in [-0.05, 0) is 55.2 Å². The first-order valence-corrected chi connectivity index (χ1v) is 10.7. The Balaban J connectivity index is 1.55. The van der Waals surface area contributed by atoms with Crippen molar-refractivity contribution in [1.29, 1.82) is 0 Å². The van der Waals surface area contributed by atoms with Gasteiger partial charge in [0, 0.05) is 18.8 Å². The maximum absolute atomic E-state index is 12.4. The molecule has 0 aliphatic carbocycles. The van der Waals surface area contributed by atoms with Gasteiger partial charge < -0.3 is 15.8 Å². The van der Waals surface area contributed by atoms with Crippen molar-refractivity contribution in [2.24, 2.45) is 10.7 Å². The predicted octanol–water partition coefficient (Wildman–Crippen LogP) is 2.38. The molecule has 1 heterocycles. The number of rotatable bonds is 7. The fourth-order valence-electron chi connectivity index (χ4n) is 2.95. The summed E-state index contributed by atoms with van der Waals surface area (Å²) < 4.78 is 32.8. The van der Waals surface area contributed by atoms with Gasteiger partial charge in [-0.3, -0.25) is 0 Å². The van der Waals surface area contributed by atoms with Gasteiger partial charge in [0.2, 0.25) is 10.0 Å². The summed E-state index contributed by atoms with van der Waals surface area (Å²) in [5.41, 5.74) is 8.79. The summed E-state index contributed by atoms with van der Waals surface area (Å²) in [6.07, 6.45) is 1.83. The fourth-order valence-corrected chi connectivity index (χ4v) is 4.02. The lowest BCUT2D eigenvalue weighted by Crippen LogP contribution is -2.31. The lowest BCUT2D eigenvalue weighted by Gasteiger charge is -2.11. The molecule has 1 aliphatic heterocycles. The summed E-state index contributed by atoms with van der Waals surface area (Å²) in [4.78, 5) is 4.53. The van der Waals surface area contributed by atoms with Crippen molar-refractivity contribution in [3.05, 3.63) is 59.7 Å². The zero-order chi connectivity index (χ0) is 20.0. The average molecular weight is 403 g/mol. The third-order valence-corrected chi connectivity index (χ3v) is 5.92. The Bertz CT molecular complexity index is 921. The van der Waals surface area contributed by atoms with Crippen molar-refractivity contribution in [2.75, 3.05) is 18.5 Å². The van der Waals surface area contributed by atoms with Crippen LogP contribution in [0.3, 0.4) is 0 Å². The van der Waals surface area contributed by atoms with Gasteiger partial charge in [-0.25, -0.2) is 18.1 Å². The molecule has 0 amide bonds. The maximum Gasteiger partial charge on any atom is 0.240 e. The highest BCUT2D eigenvalue weighted by Gasteiger charge is 2.20. The number of nitrogens with two attached hydrogens (primary N) is 1. The minimum atomic E-state index is -3.54. The van der Waals surface area contributed by atoms with Gasteiger partial charge in [-0.1, -0.05) is 24.3 Å². The Morgan fingerprint density at radius 1 is 1.25 bits per heavy atom. The van der Waals surface area contributed by atoms with Crippen LogP contribution in [-0.2, 0) is 21.3 Å². The first-order chi connectivity index (χ1) is 13.4. The normalized spacial score (nSPS) is 17.6. The SMILES string of the molecule is Cc1cccc(NC(N)=NCc2ccc(S(=O)(=O)NCC3CCCO3)cc2)c1. The second-order valence-corrected chi connectivity index (χ2v) is 8.59. The highest BCUT2D eigenvalue weighted by molar-refractivity contribution is 7.89. The maximum atomic E-state index is 12.4. The highest BCUT2D eigenvalue weighted by Crippen LogP contribution is 2.14. The zero-order valence-electron chi connectivity index (χ0n) is 15.9. The van der Waals surface area contributed by atoms with Crippen molar-refractivity contribution < 1.29 is 13.2 Å². The van der Waals surface area contributed by atoms with E-state index in [1.54, 1.807) is 24.3 Å². The standard InChI is InChI=1S/C20H26N4O3S/c1-15-4-2-5-17(12-15)24-20(21)22-13-16-7-9-19(10-8-16)28(25,26)23-14-18-6-3-11-27-18/h2,4-5,7-10,12,18,23H,3,6,11,13-14H2,1H3,(H3,21,22,24). The number of hydrogen-bond acceptors (Lipinski definition) is 4. The van der Waals surface area contributed by atoms with E-state index < -0.39 is 10.0 Å². The summed E-state index contributed by atoms with van der Waals surface area (Å²) in [6, 6.07) is 14.5. The molecular weight excluding hydrogens is 376 g/mol. The van der Waals surface area contributed by atoms with Crippen LogP contribution in [0.15, 0.2) is 58.4 Å². The van der Waals surface area contributed by atoms with Crippen molar-refractivity contribution in [3.8, 4) is 0 Å². The molecule has 0 spiro atoms. The Morgan fingerprint density at radius 3 is 2.71 bits per heavy atom. The number of nitrogens with zero attached hydrogens (tertiary/aromatic N) is 1. The minimum Gasteiger partial charge on any atom is -0.377 e. The molecule has 1 atom stereocenters. The van der Waals surface area contributed by atoms with Crippen LogP contribution in [0, 0.1) is 6.92 Å². The summed E-state index contributed by atoms with van der Waals surface area (Å²) in [6.45, 7) is 3.36. The molecule has 1 fully saturated rings. The molecule has 28 heavy (non-hydrogen) atoms. The van der Waals surface area contributed by atoms with E-state index in [4.69, 9.17) is 10.5 Å². The van der Waals surface area contributed by atoms with Crippen LogP contribution in [0.1, 0.15) is 24.0 Å². The van der Waals surface area contributed by atoms with Crippen LogP contribution in [0.5, 0.6) is 0 Å². The van der Waals surface area contributed by atoms with Gasteiger partial charge in [-0.2, -0.15) is 0 Å². The van der Waals surface area contributed by atoms with Crippen molar-refractivity contribution >= 4 is 21.7 Å². The summed E-state index contributed by atoms with van der Waals surface area (Å²) >= 11 is 0. The Kier molecular flexibility index (Phi) is 6.66. The molecule has 0 aromatic heterocycles. The first kappa shape index (κ1) is 20.3. The monoisotopic (exact) mass is 402 g/mol. The molecule has 1 saturated heterocycles. The third-order valence-electron chi connectivity index (χ3n) is 4.48. The zero-order valence-corrected chi connectivity index (χ0v) is 16.7. The minimum absolute atomic E-state index is 0.0349. The lowest BCUT2D eigenvalue weighted by atomic mass is 10.2. The molecule has 1 aliphatic rings. The average Bonchev–Trinajstić information content (AvgIpc) is 3.19. The van der Waals surface area contributed by atoms with Gasteiger partial charge in [0.1, 0.15) is 0 Å². The molecule has 150 valence electrons. The van der Waals surface area contributed by atoms with Crippen LogP contribution in [-0.4, -0.2) is 33.6 Å². The number of anilines is 1. The van der Waals surface area contributed by atoms with Crippen molar-refractivity contribution in [3.63, 3.8) is 0 Å². The van der Waals surface area contributed by atoms with Gasteiger partial charge >= 0.3 is 0 Å². The van der Waals surface area contributed by atoms with E-state index in [1.165, 1.54) is 0 Å². The van der Waals surface area contributed by atoms with Crippen molar-refractivity contribution in [2.45, 2.75) is 37.3 Å². The van der Waals surface area contributed by atoms with E-state index in [1.807, 2.05) is 31.2 Å². The van der Waals surface area contributed by atoms with E-state index in [-0.39, 0.29) is 11.0 Å².